The highest BCUT2D eigenvalue weighted by Gasteiger charge is 2.33. The Balaban J connectivity index is 2.18. The lowest BCUT2D eigenvalue weighted by Crippen LogP contribution is -2.34. The van der Waals surface area contributed by atoms with E-state index in [0.29, 0.717) is 5.92 Å². The minimum absolute atomic E-state index is 0.260. The van der Waals surface area contributed by atoms with Crippen molar-refractivity contribution in [2.45, 2.75) is 38.8 Å². The molecule has 2 nitrogen and oxygen atoms in total. The molecule has 5 heteroatoms. The van der Waals surface area contributed by atoms with Crippen LogP contribution in [-0.2, 0) is 4.74 Å². The van der Waals surface area contributed by atoms with Crippen LogP contribution in [0.4, 0.5) is 0 Å². The van der Waals surface area contributed by atoms with Gasteiger partial charge in [0.2, 0.25) is 0 Å². The zero-order valence-electron chi connectivity index (χ0n) is 10.7. The molecule has 0 aliphatic carbocycles. The highest BCUT2D eigenvalue weighted by Crippen LogP contribution is 2.39. The summed E-state index contributed by atoms with van der Waals surface area (Å²) in [5.74, 6) is 0.596. The number of nitrogens with one attached hydrogen (secondary N) is 1. The molecule has 0 aromatic carbocycles. The molecule has 0 amide bonds. The van der Waals surface area contributed by atoms with Crippen LogP contribution < -0.4 is 5.32 Å². The van der Waals surface area contributed by atoms with Crippen molar-refractivity contribution < 1.29 is 4.74 Å². The molecule has 0 bridgehead atoms. The van der Waals surface area contributed by atoms with Crippen molar-refractivity contribution >= 4 is 38.9 Å². The van der Waals surface area contributed by atoms with Gasteiger partial charge in [-0.1, -0.05) is 25.4 Å². The molecule has 1 aliphatic heterocycles. The molecule has 0 spiro atoms. The van der Waals surface area contributed by atoms with Gasteiger partial charge in [0, 0.05) is 11.5 Å². The van der Waals surface area contributed by atoms with Gasteiger partial charge in [0.05, 0.1) is 21.0 Å². The van der Waals surface area contributed by atoms with Crippen molar-refractivity contribution in [3.8, 4) is 0 Å². The fourth-order valence-corrected chi connectivity index (χ4v) is 4.20. The van der Waals surface area contributed by atoms with Crippen LogP contribution >= 0.6 is 38.9 Å². The van der Waals surface area contributed by atoms with Crippen LogP contribution in [0.15, 0.2) is 9.85 Å². The van der Waals surface area contributed by atoms with Gasteiger partial charge in [-0.2, -0.15) is 0 Å². The molecule has 1 fully saturated rings. The number of rotatable bonds is 5. The van der Waals surface area contributed by atoms with E-state index < -0.39 is 0 Å². The topological polar surface area (TPSA) is 21.3 Å². The summed E-state index contributed by atoms with van der Waals surface area (Å²) in [6.07, 6.45) is 2.53. The molecule has 1 N–H and O–H groups in total. The van der Waals surface area contributed by atoms with Crippen molar-refractivity contribution in [3.05, 3.63) is 19.8 Å². The Labute approximate surface area is 126 Å². The van der Waals surface area contributed by atoms with Crippen LogP contribution in [-0.4, -0.2) is 19.3 Å². The lowest BCUT2D eigenvalue weighted by molar-refractivity contribution is 0.0618. The first-order valence-electron chi connectivity index (χ1n) is 6.43. The zero-order chi connectivity index (χ0) is 13.1. The Hall–Kier alpha value is 0.390. The lowest BCUT2D eigenvalue weighted by Gasteiger charge is -2.26. The predicted octanol–water partition coefficient (Wildman–Crippen LogP) is 4.63. The largest absolute Gasteiger partial charge is 0.376 e. The van der Waals surface area contributed by atoms with Crippen LogP contribution in [0.1, 0.15) is 37.6 Å². The normalized spacial score (nSPS) is 25.6. The number of thiophene rings is 1. The van der Waals surface area contributed by atoms with E-state index in [2.05, 4.69) is 41.2 Å². The van der Waals surface area contributed by atoms with Gasteiger partial charge in [0.1, 0.15) is 0 Å². The highest BCUT2D eigenvalue weighted by atomic mass is 79.9. The molecule has 1 saturated heterocycles. The summed E-state index contributed by atoms with van der Waals surface area (Å²) in [5, 5.41) is 4.40. The van der Waals surface area contributed by atoms with Gasteiger partial charge >= 0.3 is 0 Å². The van der Waals surface area contributed by atoms with E-state index in [1.807, 2.05) is 0 Å². The Morgan fingerprint density at radius 2 is 2.44 bits per heavy atom. The minimum atomic E-state index is 0.260. The summed E-state index contributed by atoms with van der Waals surface area (Å²) in [4.78, 5) is 1.26. The van der Waals surface area contributed by atoms with Crippen molar-refractivity contribution in [1.82, 2.24) is 5.32 Å². The molecule has 0 radical (unpaired) electrons. The predicted molar refractivity (Wildman–Crippen MR) is 81.6 cm³/mol. The molecule has 18 heavy (non-hydrogen) atoms. The summed E-state index contributed by atoms with van der Waals surface area (Å²) < 4.78 is 6.92. The number of ether oxygens (including phenoxy) is 1. The van der Waals surface area contributed by atoms with Crippen LogP contribution in [0, 0.1) is 5.92 Å². The standard InChI is InChI=1S/C13H19BrClNOS/c1-3-5-16-11(12-8(2)4-6-17-12)10-7-9(15)13(14)18-10/h7-8,11-12,16H,3-6H2,1-2H3. The molecule has 1 aromatic rings. The van der Waals surface area contributed by atoms with Gasteiger partial charge in [0.15, 0.2) is 0 Å². The number of hydrogen-bond acceptors (Lipinski definition) is 3. The van der Waals surface area contributed by atoms with E-state index in [1.54, 1.807) is 11.3 Å². The first kappa shape index (κ1) is 14.8. The van der Waals surface area contributed by atoms with Gasteiger partial charge in [-0.05, 0) is 47.3 Å². The lowest BCUT2D eigenvalue weighted by atomic mass is 9.96. The third-order valence-electron chi connectivity index (χ3n) is 3.36. The highest BCUT2D eigenvalue weighted by molar-refractivity contribution is 9.11. The van der Waals surface area contributed by atoms with Crippen LogP contribution in [0.25, 0.3) is 0 Å². The maximum absolute atomic E-state index is 6.15. The molecule has 3 atom stereocenters. The summed E-state index contributed by atoms with van der Waals surface area (Å²) in [6, 6.07) is 2.31. The number of halogens is 2. The second-order valence-electron chi connectivity index (χ2n) is 4.80. The van der Waals surface area contributed by atoms with Gasteiger partial charge < -0.3 is 10.1 Å². The average molecular weight is 353 g/mol. The average Bonchev–Trinajstić information content (AvgIpc) is 2.88. The van der Waals surface area contributed by atoms with Gasteiger partial charge in [-0.15, -0.1) is 11.3 Å². The maximum Gasteiger partial charge on any atom is 0.0888 e. The summed E-state index contributed by atoms with van der Waals surface area (Å²) in [5.41, 5.74) is 0. The molecule has 1 aliphatic rings. The van der Waals surface area contributed by atoms with E-state index in [4.69, 9.17) is 16.3 Å². The summed E-state index contributed by atoms with van der Waals surface area (Å²) >= 11 is 11.3. The monoisotopic (exact) mass is 351 g/mol. The summed E-state index contributed by atoms with van der Waals surface area (Å²) in [6.45, 7) is 6.32. The SMILES string of the molecule is CCCNC(c1cc(Cl)c(Br)s1)C1OCCC1C. The fourth-order valence-electron chi connectivity index (χ4n) is 2.34. The van der Waals surface area contributed by atoms with Gasteiger partial charge in [-0.25, -0.2) is 0 Å². The maximum atomic E-state index is 6.15. The van der Waals surface area contributed by atoms with E-state index in [-0.39, 0.29) is 12.1 Å². The smallest absolute Gasteiger partial charge is 0.0888 e. The molecule has 0 saturated carbocycles. The van der Waals surface area contributed by atoms with Gasteiger partial charge in [-0.3, -0.25) is 0 Å². The van der Waals surface area contributed by atoms with E-state index >= 15 is 0 Å². The van der Waals surface area contributed by atoms with Gasteiger partial charge in [0.25, 0.3) is 0 Å². The van der Waals surface area contributed by atoms with Crippen LogP contribution in [0.5, 0.6) is 0 Å². The Bertz CT molecular complexity index is 379. The van der Waals surface area contributed by atoms with Crippen molar-refractivity contribution in [2.75, 3.05) is 13.2 Å². The molecule has 2 heterocycles. The zero-order valence-corrected chi connectivity index (χ0v) is 13.9. The van der Waals surface area contributed by atoms with E-state index in [9.17, 15) is 0 Å². The molecule has 102 valence electrons. The van der Waals surface area contributed by atoms with Crippen molar-refractivity contribution in [1.29, 1.82) is 0 Å². The second-order valence-corrected chi connectivity index (χ2v) is 7.61. The fraction of sp³-hybridized carbons (Fsp3) is 0.692. The first-order chi connectivity index (χ1) is 8.63. The molecule has 1 aromatic heterocycles. The Morgan fingerprint density at radius 1 is 1.67 bits per heavy atom. The Kier molecular flexibility index (Phi) is 5.51. The van der Waals surface area contributed by atoms with E-state index in [0.717, 1.165) is 34.8 Å². The summed E-state index contributed by atoms with van der Waals surface area (Å²) in [7, 11) is 0. The van der Waals surface area contributed by atoms with E-state index in [1.165, 1.54) is 4.88 Å². The molecular weight excluding hydrogens is 334 g/mol. The molecule has 3 unspecified atom stereocenters. The number of hydrogen-bond donors (Lipinski definition) is 1. The Morgan fingerprint density at radius 3 is 2.94 bits per heavy atom. The quantitative estimate of drug-likeness (QED) is 0.834. The van der Waals surface area contributed by atoms with Crippen molar-refractivity contribution in [3.63, 3.8) is 0 Å². The van der Waals surface area contributed by atoms with Crippen LogP contribution in [0.2, 0.25) is 5.02 Å². The second kappa shape index (κ2) is 6.71. The van der Waals surface area contributed by atoms with Crippen LogP contribution in [0.3, 0.4) is 0 Å². The minimum Gasteiger partial charge on any atom is -0.376 e. The van der Waals surface area contributed by atoms with Crippen molar-refractivity contribution in [2.24, 2.45) is 5.92 Å². The molecular formula is C13H19BrClNOS. The third-order valence-corrected chi connectivity index (χ3v) is 5.92. The molecule has 2 rings (SSSR count). The first-order valence-corrected chi connectivity index (χ1v) is 8.42. The third kappa shape index (κ3) is 3.28.